The molecule has 0 aromatic heterocycles. The van der Waals surface area contributed by atoms with Crippen molar-refractivity contribution in [2.45, 2.75) is 5.92 Å². The standard InChI is InChI=1S/C28H30N4O3/c1-31(2)16-17-32(3)22-13-11-21(12-14-22)29-26(19-8-6-5-7-9-19)25-23-15-10-20(28(34)35-4)18-24(23)30-27(25)33/h5-15,18,25H,16-17H2,1-4H3,(H,30,33). The highest BCUT2D eigenvalue weighted by molar-refractivity contribution is 6.24. The van der Waals surface area contributed by atoms with Gasteiger partial charge in [-0.25, -0.2) is 4.79 Å². The van der Waals surface area contributed by atoms with Crippen molar-refractivity contribution in [3.8, 4) is 0 Å². The molecule has 1 aliphatic rings. The number of fused-ring (bicyclic) bond motifs is 1. The molecule has 0 spiro atoms. The topological polar surface area (TPSA) is 74.2 Å². The molecule has 0 saturated heterocycles. The first-order valence-electron chi connectivity index (χ1n) is 11.5. The molecule has 3 aromatic rings. The van der Waals surface area contributed by atoms with Crippen LogP contribution in [0.4, 0.5) is 17.1 Å². The van der Waals surface area contributed by atoms with E-state index in [2.05, 4.69) is 36.3 Å². The van der Waals surface area contributed by atoms with E-state index in [1.807, 2.05) is 54.6 Å². The quantitative estimate of drug-likeness (QED) is 0.392. The number of esters is 1. The summed E-state index contributed by atoms with van der Waals surface area (Å²) in [5, 5.41) is 2.91. The molecular weight excluding hydrogens is 440 g/mol. The van der Waals surface area contributed by atoms with E-state index >= 15 is 0 Å². The fourth-order valence-electron chi connectivity index (χ4n) is 4.08. The van der Waals surface area contributed by atoms with Gasteiger partial charge in [-0.2, -0.15) is 0 Å². The van der Waals surface area contributed by atoms with Gasteiger partial charge in [0.05, 0.1) is 24.1 Å². The van der Waals surface area contributed by atoms with Crippen LogP contribution in [0.25, 0.3) is 0 Å². The normalized spacial score (nSPS) is 15.1. The molecule has 0 aliphatic carbocycles. The number of methoxy groups -OCH3 is 1. The summed E-state index contributed by atoms with van der Waals surface area (Å²) in [6.07, 6.45) is 0. The van der Waals surface area contributed by atoms with Crippen LogP contribution in [0.3, 0.4) is 0 Å². The molecule has 7 nitrogen and oxygen atoms in total. The van der Waals surface area contributed by atoms with Gasteiger partial charge in [0, 0.05) is 31.5 Å². The fraction of sp³-hybridized carbons (Fsp3) is 0.250. The second kappa shape index (κ2) is 10.5. The number of carbonyl (C=O) groups excluding carboxylic acids is 2. The van der Waals surface area contributed by atoms with Gasteiger partial charge in [-0.1, -0.05) is 36.4 Å². The summed E-state index contributed by atoms with van der Waals surface area (Å²) < 4.78 is 4.82. The SMILES string of the molecule is COC(=O)c1ccc2c(c1)NC(=O)C2C(=Nc1ccc(N(C)CCN(C)C)cc1)c1ccccc1. The summed E-state index contributed by atoms with van der Waals surface area (Å²) in [4.78, 5) is 34.4. The lowest BCUT2D eigenvalue weighted by atomic mass is 9.90. The number of nitrogens with one attached hydrogen (secondary N) is 1. The Hall–Kier alpha value is -3.97. The van der Waals surface area contributed by atoms with E-state index in [1.54, 1.807) is 18.2 Å². The molecule has 1 heterocycles. The molecule has 0 fully saturated rings. The predicted molar refractivity (Wildman–Crippen MR) is 140 cm³/mol. The molecule has 3 aromatic carbocycles. The number of hydrogen-bond acceptors (Lipinski definition) is 6. The van der Waals surface area contributed by atoms with Crippen molar-refractivity contribution in [2.75, 3.05) is 51.6 Å². The Morgan fingerprint density at radius 2 is 1.66 bits per heavy atom. The van der Waals surface area contributed by atoms with E-state index in [0.29, 0.717) is 17.0 Å². The van der Waals surface area contributed by atoms with Gasteiger partial charge < -0.3 is 19.9 Å². The Labute approximate surface area is 206 Å². The van der Waals surface area contributed by atoms with Crippen molar-refractivity contribution < 1.29 is 14.3 Å². The Kier molecular flexibility index (Phi) is 7.27. The lowest BCUT2D eigenvalue weighted by Crippen LogP contribution is -2.28. The molecule has 4 rings (SSSR count). The van der Waals surface area contributed by atoms with E-state index in [0.717, 1.165) is 35.6 Å². The molecular formula is C28H30N4O3. The molecule has 7 heteroatoms. The molecule has 0 saturated carbocycles. The van der Waals surface area contributed by atoms with Gasteiger partial charge in [0.1, 0.15) is 5.92 Å². The predicted octanol–water partition coefficient (Wildman–Crippen LogP) is 4.33. The van der Waals surface area contributed by atoms with Gasteiger partial charge in [-0.15, -0.1) is 0 Å². The zero-order valence-electron chi connectivity index (χ0n) is 20.5. The minimum atomic E-state index is -0.596. The van der Waals surface area contributed by atoms with Crippen molar-refractivity contribution in [2.24, 2.45) is 4.99 Å². The van der Waals surface area contributed by atoms with Crippen molar-refractivity contribution in [3.05, 3.63) is 89.5 Å². The third kappa shape index (κ3) is 5.41. The third-order valence-electron chi connectivity index (χ3n) is 6.07. The van der Waals surface area contributed by atoms with E-state index in [9.17, 15) is 9.59 Å². The average molecular weight is 471 g/mol. The molecule has 0 bridgehead atoms. The Balaban J connectivity index is 1.70. The Morgan fingerprint density at radius 1 is 0.943 bits per heavy atom. The van der Waals surface area contributed by atoms with Gasteiger partial charge in [0.15, 0.2) is 0 Å². The van der Waals surface area contributed by atoms with Crippen LogP contribution >= 0.6 is 0 Å². The largest absolute Gasteiger partial charge is 0.465 e. The smallest absolute Gasteiger partial charge is 0.337 e. The minimum Gasteiger partial charge on any atom is -0.465 e. The van der Waals surface area contributed by atoms with Gasteiger partial charge >= 0.3 is 5.97 Å². The van der Waals surface area contributed by atoms with Crippen molar-refractivity contribution >= 4 is 34.7 Å². The van der Waals surface area contributed by atoms with E-state index in [-0.39, 0.29) is 5.91 Å². The molecule has 35 heavy (non-hydrogen) atoms. The number of anilines is 2. The lowest BCUT2D eigenvalue weighted by molar-refractivity contribution is -0.115. The molecule has 1 atom stereocenters. The number of nitrogens with zero attached hydrogens (tertiary/aromatic N) is 3. The van der Waals surface area contributed by atoms with Gasteiger partial charge in [0.2, 0.25) is 5.91 Å². The summed E-state index contributed by atoms with van der Waals surface area (Å²) in [6.45, 7) is 1.87. The van der Waals surface area contributed by atoms with Crippen LogP contribution in [0.15, 0.2) is 77.8 Å². The summed E-state index contributed by atoms with van der Waals surface area (Å²) in [5.41, 5.74) is 5.16. The maximum atomic E-state index is 13.1. The molecule has 1 N–H and O–H groups in total. The first-order chi connectivity index (χ1) is 16.9. The van der Waals surface area contributed by atoms with Crippen LogP contribution < -0.4 is 10.2 Å². The second-order valence-corrected chi connectivity index (χ2v) is 8.82. The molecule has 180 valence electrons. The number of aliphatic imine (C=N–C) groups is 1. The second-order valence-electron chi connectivity index (χ2n) is 8.82. The maximum absolute atomic E-state index is 13.1. The number of likely N-dealkylation sites (N-methyl/N-ethyl adjacent to an activating group) is 2. The highest BCUT2D eigenvalue weighted by atomic mass is 16.5. The molecule has 0 radical (unpaired) electrons. The average Bonchev–Trinajstić information content (AvgIpc) is 3.20. The molecule has 1 unspecified atom stereocenters. The van der Waals surface area contributed by atoms with Crippen LogP contribution in [0.2, 0.25) is 0 Å². The van der Waals surface area contributed by atoms with Crippen LogP contribution in [-0.2, 0) is 9.53 Å². The van der Waals surface area contributed by atoms with Crippen molar-refractivity contribution in [1.29, 1.82) is 0 Å². The number of amides is 1. The fourth-order valence-corrected chi connectivity index (χ4v) is 4.08. The van der Waals surface area contributed by atoms with E-state index in [1.165, 1.54) is 7.11 Å². The van der Waals surface area contributed by atoms with Crippen LogP contribution in [0.5, 0.6) is 0 Å². The third-order valence-corrected chi connectivity index (χ3v) is 6.07. The minimum absolute atomic E-state index is 0.176. The van der Waals surface area contributed by atoms with Crippen LogP contribution in [0.1, 0.15) is 27.4 Å². The van der Waals surface area contributed by atoms with E-state index in [4.69, 9.17) is 9.73 Å². The summed E-state index contributed by atoms with van der Waals surface area (Å²) in [7, 11) is 7.52. The maximum Gasteiger partial charge on any atom is 0.337 e. The number of carbonyl (C=O) groups is 2. The summed E-state index contributed by atoms with van der Waals surface area (Å²) in [5.74, 6) is -1.22. The van der Waals surface area contributed by atoms with Crippen molar-refractivity contribution in [1.82, 2.24) is 4.90 Å². The number of hydrogen-bond donors (Lipinski definition) is 1. The highest BCUT2D eigenvalue weighted by Crippen LogP contribution is 2.37. The molecule has 1 aliphatic heterocycles. The van der Waals surface area contributed by atoms with Gasteiger partial charge in [0.25, 0.3) is 0 Å². The number of ether oxygens (including phenoxy) is 1. The number of benzene rings is 3. The number of rotatable bonds is 8. The summed E-state index contributed by atoms with van der Waals surface area (Å²) in [6, 6.07) is 22.9. The Bertz CT molecular complexity index is 1240. The first-order valence-corrected chi connectivity index (χ1v) is 11.5. The Morgan fingerprint density at radius 3 is 2.31 bits per heavy atom. The lowest BCUT2D eigenvalue weighted by Gasteiger charge is -2.21. The van der Waals surface area contributed by atoms with Crippen molar-refractivity contribution in [3.63, 3.8) is 0 Å². The van der Waals surface area contributed by atoms with Gasteiger partial charge in [-0.05, 0) is 61.6 Å². The zero-order valence-corrected chi connectivity index (χ0v) is 20.5. The first kappa shape index (κ1) is 24.2. The van der Waals surface area contributed by atoms with E-state index < -0.39 is 11.9 Å². The highest BCUT2D eigenvalue weighted by Gasteiger charge is 2.36. The zero-order chi connectivity index (χ0) is 24.9. The van der Waals surface area contributed by atoms with Crippen LogP contribution in [0, 0.1) is 0 Å². The van der Waals surface area contributed by atoms with Gasteiger partial charge in [-0.3, -0.25) is 9.79 Å². The molecule has 1 amide bonds. The van der Waals surface area contributed by atoms with Crippen LogP contribution in [-0.4, -0.2) is 63.8 Å². The monoisotopic (exact) mass is 470 g/mol. The summed E-state index contributed by atoms with van der Waals surface area (Å²) >= 11 is 0.